The van der Waals surface area contributed by atoms with E-state index >= 15 is 0 Å². The van der Waals surface area contributed by atoms with Crippen LogP contribution in [-0.4, -0.2) is 24.4 Å². The lowest BCUT2D eigenvalue weighted by atomic mass is 9.95. The number of hydrogen-bond acceptors (Lipinski definition) is 1. The molecule has 1 saturated carbocycles. The lowest BCUT2D eigenvalue weighted by molar-refractivity contribution is -0.135. The highest BCUT2D eigenvalue weighted by molar-refractivity contribution is 5.78. The zero-order valence-corrected chi connectivity index (χ0v) is 9.97. The molecule has 82 valence electrons. The molecule has 0 bridgehead atoms. The van der Waals surface area contributed by atoms with Crippen LogP contribution in [0.5, 0.6) is 0 Å². The first-order chi connectivity index (χ1) is 6.40. The van der Waals surface area contributed by atoms with Crippen LogP contribution in [0.3, 0.4) is 0 Å². The molecule has 0 aromatic heterocycles. The van der Waals surface area contributed by atoms with Gasteiger partial charge in [-0.2, -0.15) is 0 Å². The van der Waals surface area contributed by atoms with E-state index in [-0.39, 0.29) is 5.41 Å². The van der Waals surface area contributed by atoms with Crippen molar-refractivity contribution in [1.29, 1.82) is 0 Å². The summed E-state index contributed by atoms with van der Waals surface area (Å²) >= 11 is 0. The Morgan fingerprint density at radius 2 is 1.79 bits per heavy atom. The molecule has 0 N–H and O–H groups in total. The van der Waals surface area contributed by atoms with E-state index in [9.17, 15) is 4.79 Å². The highest BCUT2D eigenvalue weighted by Crippen LogP contribution is 2.27. The molecular formula is C12H23NO. The third-order valence-corrected chi connectivity index (χ3v) is 2.79. The Morgan fingerprint density at radius 3 is 2.21 bits per heavy atom. The van der Waals surface area contributed by atoms with Crippen LogP contribution in [0.25, 0.3) is 0 Å². The summed E-state index contributed by atoms with van der Waals surface area (Å²) in [7, 11) is 1.94. The van der Waals surface area contributed by atoms with E-state index in [1.165, 1.54) is 12.8 Å². The van der Waals surface area contributed by atoms with Crippen molar-refractivity contribution in [2.75, 3.05) is 13.6 Å². The summed E-state index contributed by atoms with van der Waals surface area (Å²) in [4.78, 5) is 13.9. The van der Waals surface area contributed by atoms with Crippen molar-refractivity contribution in [2.45, 2.75) is 46.5 Å². The van der Waals surface area contributed by atoms with Gasteiger partial charge in [0.1, 0.15) is 0 Å². The lowest BCUT2D eigenvalue weighted by Crippen LogP contribution is -2.37. The van der Waals surface area contributed by atoms with Crippen LogP contribution in [0.2, 0.25) is 0 Å². The van der Waals surface area contributed by atoms with Crippen molar-refractivity contribution in [3.8, 4) is 0 Å². The molecule has 2 nitrogen and oxygen atoms in total. The second-order valence-electron chi connectivity index (χ2n) is 5.74. The first-order valence-corrected chi connectivity index (χ1v) is 5.65. The standard InChI is InChI=1S/C12H23NO/c1-12(2,3)9-13(4)11(14)10-7-5-6-8-10/h10H,5-9H2,1-4H3. The van der Waals surface area contributed by atoms with Crippen molar-refractivity contribution in [3.05, 3.63) is 0 Å². The van der Waals surface area contributed by atoms with Gasteiger partial charge in [0.05, 0.1) is 0 Å². The summed E-state index contributed by atoms with van der Waals surface area (Å²) in [5.41, 5.74) is 0.211. The Morgan fingerprint density at radius 1 is 1.29 bits per heavy atom. The van der Waals surface area contributed by atoms with E-state index in [2.05, 4.69) is 20.8 Å². The highest BCUT2D eigenvalue weighted by Gasteiger charge is 2.27. The summed E-state index contributed by atoms with van der Waals surface area (Å²) in [5.74, 6) is 0.680. The average molecular weight is 197 g/mol. The number of carbonyl (C=O) groups excluding carboxylic acids is 1. The summed E-state index contributed by atoms with van der Waals surface area (Å²) in [6.45, 7) is 7.38. The number of hydrogen-bond donors (Lipinski definition) is 0. The molecule has 1 aliphatic rings. The fourth-order valence-corrected chi connectivity index (χ4v) is 2.27. The second kappa shape index (κ2) is 4.33. The third kappa shape index (κ3) is 3.32. The topological polar surface area (TPSA) is 20.3 Å². The van der Waals surface area contributed by atoms with Crippen molar-refractivity contribution in [1.82, 2.24) is 4.90 Å². The van der Waals surface area contributed by atoms with E-state index in [1.807, 2.05) is 11.9 Å². The van der Waals surface area contributed by atoms with Crippen LogP contribution in [0, 0.1) is 11.3 Å². The Labute approximate surface area is 87.7 Å². The van der Waals surface area contributed by atoms with Crippen LogP contribution < -0.4 is 0 Å². The number of rotatable bonds is 2. The van der Waals surface area contributed by atoms with Gasteiger partial charge < -0.3 is 4.90 Å². The summed E-state index contributed by atoms with van der Waals surface area (Å²) < 4.78 is 0. The number of nitrogens with zero attached hydrogens (tertiary/aromatic N) is 1. The zero-order valence-electron chi connectivity index (χ0n) is 9.97. The maximum Gasteiger partial charge on any atom is 0.225 e. The fourth-order valence-electron chi connectivity index (χ4n) is 2.27. The van der Waals surface area contributed by atoms with Gasteiger partial charge >= 0.3 is 0 Å². The van der Waals surface area contributed by atoms with E-state index in [0.717, 1.165) is 19.4 Å². The lowest BCUT2D eigenvalue weighted by Gasteiger charge is -2.28. The predicted molar refractivity (Wildman–Crippen MR) is 59.1 cm³/mol. The molecule has 0 saturated heterocycles. The van der Waals surface area contributed by atoms with E-state index in [1.54, 1.807) is 0 Å². The van der Waals surface area contributed by atoms with E-state index in [4.69, 9.17) is 0 Å². The van der Waals surface area contributed by atoms with E-state index in [0.29, 0.717) is 11.8 Å². The van der Waals surface area contributed by atoms with Crippen molar-refractivity contribution < 1.29 is 4.79 Å². The molecule has 0 aliphatic heterocycles. The average Bonchev–Trinajstić information content (AvgIpc) is 2.51. The molecule has 0 aromatic rings. The van der Waals surface area contributed by atoms with Crippen molar-refractivity contribution in [3.63, 3.8) is 0 Å². The van der Waals surface area contributed by atoms with Crippen LogP contribution in [0.1, 0.15) is 46.5 Å². The van der Waals surface area contributed by atoms with Crippen LogP contribution in [-0.2, 0) is 4.79 Å². The van der Waals surface area contributed by atoms with Crippen LogP contribution >= 0.6 is 0 Å². The molecule has 0 unspecified atom stereocenters. The summed E-state index contributed by atoms with van der Waals surface area (Å²) in [6, 6.07) is 0. The molecule has 0 atom stereocenters. The molecule has 1 amide bonds. The van der Waals surface area contributed by atoms with Gasteiger partial charge in [-0.15, -0.1) is 0 Å². The molecule has 0 radical (unpaired) electrons. The summed E-state index contributed by atoms with van der Waals surface area (Å²) in [6.07, 6.45) is 4.68. The molecule has 0 heterocycles. The van der Waals surface area contributed by atoms with Crippen molar-refractivity contribution >= 4 is 5.91 Å². The largest absolute Gasteiger partial charge is 0.345 e. The van der Waals surface area contributed by atoms with Gasteiger partial charge in [-0.25, -0.2) is 0 Å². The molecule has 0 spiro atoms. The Kier molecular flexibility index (Phi) is 3.57. The Balaban J connectivity index is 2.43. The first-order valence-electron chi connectivity index (χ1n) is 5.65. The van der Waals surface area contributed by atoms with Gasteiger partial charge in [-0.3, -0.25) is 4.79 Å². The van der Waals surface area contributed by atoms with Gasteiger partial charge in [0.25, 0.3) is 0 Å². The SMILES string of the molecule is CN(CC(C)(C)C)C(=O)C1CCCC1. The molecule has 1 fully saturated rings. The minimum atomic E-state index is 0.211. The normalized spacial score (nSPS) is 18.6. The van der Waals surface area contributed by atoms with Crippen LogP contribution in [0.15, 0.2) is 0 Å². The third-order valence-electron chi connectivity index (χ3n) is 2.79. The Bertz CT molecular complexity index is 199. The predicted octanol–water partition coefficient (Wildman–Crippen LogP) is 2.68. The van der Waals surface area contributed by atoms with Gasteiger partial charge in [-0.05, 0) is 18.3 Å². The molecule has 0 aromatic carbocycles. The zero-order chi connectivity index (χ0) is 10.8. The highest BCUT2D eigenvalue weighted by atomic mass is 16.2. The molecule has 1 aliphatic carbocycles. The maximum absolute atomic E-state index is 11.9. The minimum Gasteiger partial charge on any atom is -0.345 e. The molecular weight excluding hydrogens is 174 g/mol. The number of amides is 1. The first kappa shape index (κ1) is 11.5. The van der Waals surface area contributed by atoms with Gasteiger partial charge in [-0.1, -0.05) is 33.6 Å². The van der Waals surface area contributed by atoms with Gasteiger partial charge in [0.2, 0.25) is 5.91 Å². The Hall–Kier alpha value is -0.530. The van der Waals surface area contributed by atoms with Crippen molar-refractivity contribution in [2.24, 2.45) is 11.3 Å². The monoisotopic (exact) mass is 197 g/mol. The van der Waals surface area contributed by atoms with Gasteiger partial charge in [0.15, 0.2) is 0 Å². The molecule has 14 heavy (non-hydrogen) atoms. The number of carbonyl (C=O) groups is 1. The molecule has 2 heteroatoms. The smallest absolute Gasteiger partial charge is 0.225 e. The second-order valence-corrected chi connectivity index (χ2v) is 5.74. The van der Waals surface area contributed by atoms with Crippen LogP contribution in [0.4, 0.5) is 0 Å². The maximum atomic E-state index is 11.9. The van der Waals surface area contributed by atoms with E-state index < -0.39 is 0 Å². The van der Waals surface area contributed by atoms with Gasteiger partial charge in [0, 0.05) is 19.5 Å². The fraction of sp³-hybridized carbons (Fsp3) is 0.917. The minimum absolute atomic E-state index is 0.211. The molecule has 1 rings (SSSR count). The quantitative estimate of drug-likeness (QED) is 0.666. The summed E-state index contributed by atoms with van der Waals surface area (Å²) in [5, 5.41) is 0.